The van der Waals surface area contributed by atoms with E-state index in [2.05, 4.69) is 9.97 Å². The lowest BCUT2D eigenvalue weighted by molar-refractivity contribution is -0.384. The number of para-hydroxylation sites is 1. The van der Waals surface area contributed by atoms with Gasteiger partial charge in [-0.2, -0.15) is 0 Å². The maximum atomic E-state index is 10.9. The second kappa shape index (κ2) is 4.06. The van der Waals surface area contributed by atoms with E-state index in [1.54, 1.807) is 31.3 Å². The van der Waals surface area contributed by atoms with Crippen LogP contribution in [0.2, 0.25) is 0 Å². The van der Waals surface area contributed by atoms with Gasteiger partial charge in [-0.1, -0.05) is 12.1 Å². The second-order valence-electron chi connectivity index (χ2n) is 3.26. The molecule has 0 bridgehead atoms. The first kappa shape index (κ1) is 10.2. The van der Waals surface area contributed by atoms with E-state index in [0.29, 0.717) is 17.0 Å². The molecule has 2 aromatic rings. The molecule has 1 heterocycles. The van der Waals surface area contributed by atoms with Gasteiger partial charge < -0.3 is 0 Å². The molecule has 5 nitrogen and oxygen atoms in total. The molecule has 0 aliphatic rings. The minimum Gasteiger partial charge on any atom is -0.258 e. The highest BCUT2D eigenvalue weighted by atomic mass is 16.6. The average Bonchev–Trinajstić information content (AvgIpc) is 2.29. The Morgan fingerprint density at radius 1 is 1.19 bits per heavy atom. The Hall–Kier alpha value is -2.30. The molecular formula is C11H9N3O2. The molecule has 0 N–H and O–H groups in total. The molecule has 0 radical (unpaired) electrons. The summed E-state index contributed by atoms with van der Waals surface area (Å²) in [4.78, 5) is 18.6. The maximum absolute atomic E-state index is 10.9. The monoisotopic (exact) mass is 215 g/mol. The smallest absolute Gasteiger partial charge is 0.258 e. The summed E-state index contributed by atoms with van der Waals surface area (Å²) in [5, 5.41) is 10.9. The zero-order chi connectivity index (χ0) is 11.5. The van der Waals surface area contributed by atoms with Gasteiger partial charge in [-0.25, -0.2) is 0 Å². The standard InChI is InChI=1S/C11H9N3O2/c1-8-11(13-7-6-12-8)9-4-2-3-5-10(9)14(15)16/h2-7H,1H3. The van der Waals surface area contributed by atoms with Crippen molar-refractivity contribution in [2.75, 3.05) is 0 Å². The molecule has 0 saturated heterocycles. The maximum Gasteiger partial charge on any atom is 0.278 e. The third-order valence-electron chi connectivity index (χ3n) is 2.24. The number of aromatic nitrogens is 2. The number of rotatable bonds is 2. The lowest BCUT2D eigenvalue weighted by Gasteiger charge is -2.03. The fourth-order valence-electron chi connectivity index (χ4n) is 1.51. The molecule has 1 aromatic heterocycles. The Morgan fingerprint density at radius 2 is 1.88 bits per heavy atom. The molecule has 0 amide bonds. The third-order valence-corrected chi connectivity index (χ3v) is 2.24. The second-order valence-corrected chi connectivity index (χ2v) is 3.26. The van der Waals surface area contributed by atoms with Crippen molar-refractivity contribution in [3.63, 3.8) is 0 Å². The molecule has 0 saturated carbocycles. The number of hydrogen-bond donors (Lipinski definition) is 0. The predicted molar refractivity (Wildman–Crippen MR) is 58.9 cm³/mol. The van der Waals surface area contributed by atoms with Crippen molar-refractivity contribution >= 4 is 5.69 Å². The predicted octanol–water partition coefficient (Wildman–Crippen LogP) is 2.36. The van der Waals surface area contributed by atoms with Crippen LogP contribution in [0.15, 0.2) is 36.7 Å². The van der Waals surface area contributed by atoms with Crippen molar-refractivity contribution in [2.45, 2.75) is 6.92 Å². The Kier molecular flexibility index (Phi) is 2.59. The number of nitro groups is 1. The van der Waals surface area contributed by atoms with E-state index in [1.165, 1.54) is 12.3 Å². The van der Waals surface area contributed by atoms with Crippen LogP contribution in [0, 0.1) is 17.0 Å². The minimum atomic E-state index is -0.413. The molecule has 0 unspecified atom stereocenters. The van der Waals surface area contributed by atoms with E-state index in [4.69, 9.17) is 0 Å². The number of nitrogens with zero attached hydrogens (tertiary/aromatic N) is 3. The largest absolute Gasteiger partial charge is 0.278 e. The summed E-state index contributed by atoms with van der Waals surface area (Å²) in [5.74, 6) is 0. The fourth-order valence-corrected chi connectivity index (χ4v) is 1.51. The topological polar surface area (TPSA) is 68.9 Å². The molecule has 80 valence electrons. The van der Waals surface area contributed by atoms with Gasteiger partial charge in [0.1, 0.15) is 0 Å². The first-order chi connectivity index (χ1) is 7.70. The lowest BCUT2D eigenvalue weighted by Crippen LogP contribution is -1.96. The molecule has 0 aliphatic carbocycles. The highest BCUT2D eigenvalue weighted by molar-refractivity contribution is 5.71. The van der Waals surface area contributed by atoms with Crippen LogP contribution >= 0.6 is 0 Å². The number of aryl methyl sites for hydroxylation is 1. The van der Waals surface area contributed by atoms with Crippen LogP contribution in [-0.2, 0) is 0 Å². The summed E-state index contributed by atoms with van der Waals surface area (Å²) in [5.41, 5.74) is 1.77. The Morgan fingerprint density at radius 3 is 2.56 bits per heavy atom. The summed E-state index contributed by atoms with van der Waals surface area (Å²) in [6, 6.07) is 6.52. The summed E-state index contributed by atoms with van der Waals surface area (Å²) in [6.45, 7) is 1.78. The van der Waals surface area contributed by atoms with Crippen LogP contribution in [0.1, 0.15) is 5.69 Å². The Labute approximate surface area is 91.9 Å². The Bertz CT molecular complexity index is 540. The van der Waals surface area contributed by atoms with Gasteiger partial charge in [0.15, 0.2) is 0 Å². The van der Waals surface area contributed by atoms with Gasteiger partial charge >= 0.3 is 0 Å². The molecule has 0 fully saturated rings. The molecule has 1 aromatic carbocycles. The van der Waals surface area contributed by atoms with Crippen molar-refractivity contribution in [1.82, 2.24) is 9.97 Å². The van der Waals surface area contributed by atoms with E-state index in [-0.39, 0.29) is 5.69 Å². The highest BCUT2D eigenvalue weighted by Gasteiger charge is 2.16. The first-order valence-electron chi connectivity index (χ1n) is 4.71. The van der Waals surface area contributed by atoms with Crippen molar-refractivity contribution in [3.05, 3.63) is 52.5 Å². The molecule has 5 heteroatoms. The summed E-state index contributed by atoms with van der Waals surface area (Å²) in [7, 11) is 0. The van der Waals surface area contributed by atoms with Gasteiger partial charge in [0.2, 0.25) is 0 Å². The first-order valence-corrected chi connectivity index (χ1v) is 4.71. The van der Waals surface area contributed by atoms with Crippen LogP contribution in [-0.4, -0.2) is 14.9 Å². The molecule has 0 aliphatic heterocycles. The van der Waals surface area contributed by atoms with E-state index in [0.717, 1.165) is 0 Å². The van der Waals surface area contributed by atoms with Crippen molar-refractivity contribution < 1.29 is 4.92 Å². The molecular weight excluding hydrogens is 206 g/mol. The zero-order valence-corrected chi connectivity index (χ0v) is 8.62. The third kappa shape index (κ3) is 1.75. The van der Waals surface area contributed by atoms with Crippen LogP contribution in [0.5, 0.6) is 0 Å². The fraction of sp³-hybridized carbons (Fsp3) is 0.0909. The average molecular weight is 215 g/mol. The zero-order valence-electron chi connectivity index (χ0n) is 8.62. The van der Waals surface area contributed by atoms with Crippen molar-refractivity contribution in [2.24, 2.45) is 0 Å². The van der Waals surface area contributed by atoms with E-state index in [1.807, 2.05) is 0 Å². The van der Waals surface area contributed by atoms with Gasteiger partial charge in [-0.3, -0.25) is 20.1 Å². The SMILES string of the molecule is Cc1nccnc1-c1ccccc1[N+](=O)[O-]. The molecule has 16 heavy (non-hydrogen) atoms. The number of benzene rings is 1. The van der Waals surface area contributed by atoms with Gasteiger partial charge in [0, 0.05) is 18.5 Å². The summed E-state index contributed by atoms with van der Waals surface area (Å²) in [6.07, 6.45) is 3.09. The summed E-state index contributed by atoms with van der Waals surface area (Å²) < 4.78 is 0. The quantitative estimate of drug-likeness (QED) is 0.569. The van der Waals surface area contributed by atoms with Crippen LogP contribution in [0.25, 0.3) is 11.3 Å². The number of nitro benzene ring substituents is 1. The molecule has 0 atom stereocenters. The highest BCUT2D eigenvalue weighted by Crippen LogP contribution is 2.28. The van der Waals surface area contributed by atoms with Crippen molar-refractivity contribution in [3.8, 4) is 11.3 Å². The van der Waals surface area contributed by atoms with Gasteiger partial charge in [-0.05, 0) is 13.0 Å². The van der Waals surface area contributed by atoms with E-state index < -0.39 is 4.92 Å². The van der Waals surface area contributed by atoms with Gasteiger partial charge in [0.25, 0.3) is 5.69 Å². The normalized spacial score (nSPS) is 10.1. The summed E-state index contributed by atoms with van der Waals surface area (Å²) >= 11 is 0. The minimum absolute atomic E-state index is 0.0473. The molecule has 0 spiro atoms. The Balaban J connectivity index is 2.65. The van der Waals surface area contributed by atoms with Crippen LogP contribution in [0.3, 0.4) is 0 Å². The van der Waals surface area contributed by atoms with Crippen LogP contribution in [0.4, 0.5) is 5.69 Å². The van der Waals surface area contributed by atoms with E-state index >= 15 is 0 Å². The molecule has 2 rings (SSSR count). The van der Waals surface area contributed by atoms with Crippen molar-refractivity contribution in [1.29, 1.82) is 0 Å². The van der Waals surface area contributed by atoms with E-state index in [9.17, 15) is 10.1 Å². The van der Waals surface area contributed by atoms with Gasteiger partial charge in [-0.15, -0.1) is 0 Å². The number of hydrogen-bond acceptors (Lipinski definition) is 4. The van der Waals surface area contributed by atoms with Crippen LogP contribution < -0.4 is 0 Å². The van der Waals surface area contributed by atoms with Gasteiger partial charge in [0.05, 0.1) is 21.9 Å². The lowest BCUT2D eigenvalue weighted by atomic mass is 10.1.